The van der Waals surface area contributed by atoms with Gasteiger partial charge in [0.15, 0.2) is 5.78 Å². The molecule has 4 nitrogen and oxygen atoms in total. The number of ketones is 1. The maximum atomic E-state index is 12.5. The molecule has 2 aromatic rings. The fourth-order valence-corrected chi connectivity index (χ4v) is 2.80. The van der Waals surface area contributed by atoms with Crippen LogP contribution in [-0.4, -0.2) is 63.9 Å². The van der Waals surface area contributed by atoms with Crippen LogP contribution in [-0.2, 0) is 6.54 Å². The van der Waals surface area contributed by atoms with Gasteiger partial charge in [0.05, 0.1) is 0 Å². The molecule has 4 heteroatoms. The number of nitrogens with zero attached hydrogens (tertiary/aromatic N) is 3. The Morgan fingerprint density at radius 1 is 0.852 bits per heavy atom. The normalized spacial score (nSPS) is 11.5. The first-order chi connectivity index (χ1) is 12.9. The van der Waals surface area contributed by atoms with Crippen molar-refractivity contribution in [2.24, 2.45) is 0 Å². The van der Waals surface area contributed by atoms with E-state index in [2.05, 4.69) is 41.9 Å². The molecule has 0 N–H and O–H groups in total. The highest BCUT2D eigenvalue weighted by Crippen LogP contribution is 2.16. The molecule has 2 aromatic carbocycles. The molecule has 0 saturated carbocycles. The average Bonchev–Trinajstić information content (AvgIpc) is 2.64. The molecule has 0 radical (unpaired) electrons. The van der Waals surface area contributed by atoms with Crippen molar-refractivity contribution in [2.45, 2.75) is 6.54 Å². The Morgan fingerprint density at radius 2 is 1.52 bits per heavy atom. The van der Waals surface area contributed by atoms with Crippen molar-refractivity contribution >= 4 is 17.5 Å². The Bertz CT molecular complexity index is 763. The standard InChI is InChI=1S/C23H31N3O/c1-24(2)16-17-26(5)22-13-10-20(11-14-22)23(27)15-12-19-8-6-7-9-21(19)18-25(3)4/h6-15H,16-18H2,1-5H3. The second-order valence-corrected chi connectivity index (χ2v) is 7.41. The van der Waals surface area contributed by atoms with E-state index in [-0.39, 0.29) is 5.78 Å². The molecule has 0 spiro atoms. The van der Waals surface area contributed by atoms with E-state index in [4.69, 9.17) is 0 Å². The van der Waals surface area contributed by atoms with E-state index in [0.29, 0.717) is 5.56 Å². The summed E-state index contributed by atoms with van der Waals surface area (Å²) in [4.78, 5) is 19.0. The first kappa shape index (κ1) is 20.9. The van der Waals surface area contributed by atoms with Crippen LogP contribution in [0.15, 0.2) is 54.6 Å². The quantitative estimate of drug-likeness (QED) is 0.501. The number of carbonyl (C=O) groups is 1. The summed E-state index contributed by atoms with van der Waals surface area (Å²) in [6.07, 6.45) is 3.58. The molecule has 0 heterocycles. The van der Waals surface area contributed by atoms with Gasteiger partial charge in [-0.15, -0.1) is 0 Å². The van der Waals surface area contributed by atoms with E-state index in [9.17, 15) is 4.79 Å². The summed E-state index contributed by atoms with van der Waals surface area (Å²) in [6, 6.07) is 16.0. The molecule has 144 valence electrons. The lowest BCUT2D eigenvalue weighted by Gasteiger charge is -2.21. The number of carbonyl (C=O) groups excluding carboxylic acids is 1. The van der Waals surface area contributed by atoms with Gasteiger partial charge in [-0.05, 0) is 69.7 Å². The van der Waals surface area contributed by atoms with Crippen LogP contribution in [0.25, 0.3) is 6.08 Å². The largest absolute Gasteiger partial charge is 0.373 e. The summed E-state index contributed by atoms with van der Waals surface area (Å²) in [7, 11) is 10.3. The topological polar surface area (TPSA) is 26.8 Å². The molecule has 0 atom stereocenters. The summed E-state index contributed by atoms with van der Waals surface area (Å²) >= 11 is 0. The van der Waals surface area contributed by atoms with Crippen LogP contribution in [0.4, 0.5) is 5.69 Å². The minimum absolute atomic E-state index is 0.0251. The molecule has 0 fully saturated rings. The summed E-state index contributed by atoms with van der Waals surface area (Å²) in [6.45, 7) is 2.79. The van der Waals surface area contributed by atoms with E-state index in [0.717, 1.165) is 30.9 Å². The van der Waals surface area contributed by atoms with Gasteiger partial charge in [-0.1, -0.05) is 30.3 Å². The minimum atomic E-state index is 0.0251. The third kappa shape index (κ3) is 6.66. The predicted octanol–water partition coefficient (Wildman–Crippen LogP) is 3.64. The van der Waals surface area contributed by atoms with Gasteiger partial charge in [0, 0.05) is 37.9 Å². The van der Waals surface area contributed by atoms with Crippen LogP contribution in [0.5, 0.6) is 0 Å². The zero-order valence-electron chi connectivity index (χ0n) is 17.1. The van der Waals surface area contributed by atoms with E-state index in [1.807, 2.05) is 62.6 Å². The minimum Gasteiger partial charge on any atom is -0.373 e. The van der Waals surface area contributed by atoms with E-state index in [1.54, 1.807) is 6.08 Å². The van der Waals surface area contributed by atoms with Crippen LogP contribution >= 0.6 is 0 Å². The SMILES string of the molecule is CN(C)CCN(C)c1ccc(C(=O)C=Cc2ccccc2CN(C)C)cc1. The Hall–Kier alpha value is -2.43. The van der Waals surface area contributed by atoms with E-state index < -0.39 is 0 Å². The molecule has 0 saturated heterocycles. The molecule has 2 rings (SSSR count). The van der Waals surface area contributed by atoms with Gasteiger partial charge < -0.3 is 14.7 Å². The summed E-state index contributed by atoms with van der Waals surface area (Å²) in [5.74, 6) is 0.0251. The lowest BCUT2D eigenvalue weighted by atomic mass is 10.0. The molecule has 0 bridgehead atoms. The number of anilines is 1. The lowest BCUT2D eigenvalue weighted by molar-refractivity contribution is 0.104. The molecule has 27 heavy (non-hydrogen) atoms. The van der Waals surface area contributed by atoms with Crippen molar-refractivity contribution in [3.63, 3.8) is 0 Å². The smallest absolute Gasteiger partial charge is 0.185 e. The van der Waals surface area contributed by atoms with Crippen molar-refractivity contribution in [2.75, 3.05) is 53.2 Å². The number of benzene rings is 2. The third-order valence-electron chi connectivity index (χ3n) is 4.43. The Kier molecular flexibility index (Phi) is 7.77. The van der Waals surface area contributed by atoms with E-state index in [1.165, 1.54) is 5.56 Å². The Balaban J connectivity index is 2.05. The Morgan fingerprint density at radius 3 is 2.15 bits per heavy atom. The van der Waals surface area contributed by atoms with Crippen LogP contribution in [0.2, 0.25) is 0 Å². The van der Waals surface area contributed by atoms with Gasteiger partial charge in [0.1, 0.15) is 0 Å². The lowest BCUT2D eigenvalue weighted by Crippen LogP contribution is -2.28. The van der Waals surface area contributed by atoms with Crippen molar-refractivity contribution in [1.29, 1.82) is 0 Å². The number of hydrogen-bond donors (Lipinski definition) is 0. The fourth-order valence-electron chi connectivity index (χ4n) is 2.80. The van der Waals surface area contributed by atoms with Gasteiger partial charge >= 0.3 is 0 Å². The van der Waals surface area contributed by atoms with E-state index >= 15 is 0 Å². The number of allylic oxidation sites excluding steroid dienone is 1. The molecular formula is C23H31N3O. The second-order valence-electron chi connectivity index (χ2n) is 7.41. The summed E-state index contributed by atoms with van der Waals surface area (Å²) in [5, 5.41) is 0. The van der Waals surface area contributed by atoms with Gasteiger partial charge in [0.2, 0.25) is 0 Å². The maximum Gasteiger partial charge on any atom is 0.185 e. The van der Waals surface area contributed by atoms with Crippen molar-refractivity contribution in [1.82, 2.24) is 9.80 Å². The highest BCUT2D eigenvalue weighted by molar-refractivity contribution is 6.07. The molecule has 0 amide bonds. The molecule has 0 aliphatic heterocycles. The van der Waals surface area contributed by atoms with Crippen LogP contribution in [0, 0.1) is 0 Å². The zero-order valence-corrected chi connectivity index (χ0v) is 17.1. The first-order valence-corrected chi connectivity index (χ1v) is 9.28. The van der Waals surface area contributed by atoms with Crippen molar-refractivity contribution in [3.05, 3.63) is 71.3 Å². The predicted molar refractivity (Wildman–Crippen MR) is 115 cm³/mol. The number of likely N-dealkylation sites (N-methyl/N-ethyl adjacent to an activating group) is 2. The van der Waals surface area contributed by atoms with Crippen molar-refractivity contribution in [3.8, 4) is 0 Å². The molecular weight excluding hydrogens is 334 g/mol. The fraction of sp³-hybridized carbons (Fsp3) is 0.348. The van der Waals surface area contributed by atoms with Crippen LogP contribution < -0.4 is 4.90 Å². The molecule has 0 unspecified atom stereocenters. The molecule has 0 aliphatic rings. The monoisotopic (exact) mass is 365 g/mol. The molecule has 0 aromatic heterocycles. The highest BCUT2D eigenvalue weighted by Gasteiger charge is 2.06. The Labute approximate surface area is 163 Å². The third-order valence-corrected chi connectivity index (χ3v) is 4.43. The van der Waals surface area contributed by atoms with Crippen LogP contribution in [0.3, 0.4) is 0 Å². The highest BCUT2D eigenvalue weighted by atomic mass is 16.1. The zero-order chi connectivity index (χ0) is 19.8. The van der Waals surface area contributed by atoms with Gasteiger partial charge in [-0.3, -0.25) is 4.79 Å². The summed E-state index contributed by atoms with van der Waals surface area (Å²) < 4.78 is 0. The first-order valence-electron chi connectivity index (χ1n) is 9.28. The number of hydrogen-bond acceptors (Lipinski definition) is 4. The van der Waals surface area contributed by atoms with Crippen LogP contribution in [0.1, 0.15) is 21.5 Å². The van der Waals surface area contributed by atoms with Gasteiger partial charge in [-0.25, -0.2) is 0 Å². The van der Waals surface area contributed by atoms with Crippen molar-refractivity contribution < 1.29 is 4.79 Å². The molecule has 0 aliphatic carbocycles. The second kappa shape index (κ2) is 10.0. The number of rotatable bonds is 9. The average molecular weight is 366 g/mol. The van der Waals surface area contributed by atoms with Gasteiger partial charge in [0.25, 0.3) is 0 Å². The summed E-state index contributed by atoms with van der Waals surface area (Å²) in [5.41, 5.74) is 4.12. The van der Waals surface area contributed by atoms with Gasteiger partial charge in [-0.2, -0.15) is 0 Å². The maximum absolute atomic E-state index is 12.5.